The van der Waals surface area contributed by atoms with Crippen molar-refractivity contribution in [2.45, 2.75) is 23.7 Å². The highest BCUT2D eigenvalue weighted by Gasteiger charge is 2.46. The Kier molecular flexibility index (Phi) is 7.31. The molecule has 1 aliphatic heterocycles. The van der Waals surface area contributed by atoms with Crippen LogP contribution in [0.1, 0.15) is 20.7 Å². The molecule has 0 spiro atoms. The number of carbonyl (C=O) groups is 2. The van der Waals surface area contributed by atoms with Crippen LogP contribution in [0.3, 0.4) is 0 Å². The Bertz CT molecular complexity index is 985. The van der Waals surface area contributed by atoms with Gasteiger partial charge in [0, 0.05) is 10.7 Å². The highest BCUT2D eigenvalue weighted by molar-refractivity contribution is 7.99. The predicted molar refractivity (Wildman–Crippen MR) is 109 cm³/mol. The Hall–Kier alpha value is -3.76. The molecule has 0 amide bonds. The van der Waals surface area contributed by atoms with E-state index in [1.54, 1.807) is 48.5 Å². The van der Waals surface area contributed by atoms with Crippen molar-refractivity contribution in [3.63, 3.8) is 0 Å². The summed E-state index contributed by atoms with van der Waals surface area (Å²) in [4.78, 5) is 43.3. The van der Waals surface area contributed by atoms with Gasteiger partial charge in [-0.3, -0.25) is 4.84 Å². The molecule has 4 atom stereocenters. The lowest BCUT2D eigenvalue weighted by Gasteiger charge is -2.38. The van der Waals surface area contributed by atoms with Crippen LogP contribution in [-0.4, -0.2) is 46.5 Å². The molecule has 2 aromatic rings. The van der Waals surface area contributed by atoms with E-state index >= 15 is 0 Å². The molecular weight excluding hydrogens is 428 g/mol. The number of benzene rings is 2. The fraction of sp³-hybridized carbons (Fsp3) is 0.263. The van der Waals surface area contributed by atoms with Gasteiger partial charge in [-0.1, -0.05) is 41.5 Å². The highest BCUT2D eigenvalue weighted by atomic mass is 32.2. The van der Waals surface area contributed by atoms with E-state index in [9.17, 15) is 19.7 Å². The van der Waals surface area contributed by atoms with E-state index in [1.807, 2.05) is 0 Å². The molecule has 3 rings (SSSR count). The number of hydrogen-bond donors (Lipinski definition) is 0. The van der Waals surface area contributed by atoms with Crippen molar-refractivity contribution >= 4 is 23.7 Å². The second-order valence-electron chi connectivity index (χ2n) is 6.27. The highest BCUT2D eigenvalue weighted by Crippen LogP contribution is 2.34. The third-order valence-corrected chi connectivity index (χ3v) is 5.52. The van der Waals surface area contributed by atoms with Crippen LogP contribution in [-0.2, 0) is 14.3 Å². The molecule has 0 bridgehead atoms. The van der Waals surface area contributed by atoms with E-state index in [0.29, 0.717) is 0 Å². The molecule has 1 saturated heterocycles. The summed E-state index contributed by atoms with van der Waals surface area (Å²) < 4.78 is 11.0. The zero-order valence-electron chi connectivity index (χ0n) is 15.8. The van der Waals surface area contributed by atoms with Gasteiger partial charge in [-0.25, -0.2) is 9.59 Å². The fourth-order valence-electron chi connectivity index (χ4n) is 2.91. The van der Waals surface area contributed by atoms with Gasteiger partial charge in [0.1, 0.15) is 12.1 Å². The quantitative estimate of drug-likeness (QED) is 0.157. The Balaban J connectivity index is 1.88. The first-order valence-corrected chi connectivity index (χ1v) is 10.0. The number of thioether (sulfide) groups is 1. The number of ether oxygens (including phenoxy) is 2. The molecule has 1 aliphatic rings. The van der Waals surface area contributed by atoms with Crippen LogP contribution >= 0.6 is 11.8 Å². The van der Waals surface area contributed by atoms with Gasteiger partial charge in [0.2, 0.25) is 0 Å². The Morgan fingerprint density at radius 3 is 2.10 bits per heavy atom. The van der Waals surface area contributed by atoms with Gasteiger partial charge in [0.05, 0.1) is 11.1 Å². The number of rotatable bonds is 7. The van der Waals surface area contributed by atoms with Gasteiger partial charge in [0.15, 0.2) is 11.5 Å². The summed E-state index contributed by atoms with van der Waals surface area (Å²) in [7, 11) is 0. The lowest BCUT2D eigenvalue weighted by molar-refractivity contribution is -0.762. The molecule has 0 N–H and O–H groups in total. The average molecular weight is 444 g/mol. The maximum atomic E-state index is 12.6. The summed E-state index contributed by atoms with van der Waals surface area (Å²) in [6, 6.07) is 14.8. The van der Waals surface area contributed by atoms with Crippen LogP contribution in [0.4, 0.5) is 0 Å². The Morgan fingerprint density at radius 1 is 1.03 bits per heavy atom. The molecule has 0 aliphatic carbocycles. The normalized spacial score (nSPS) is 22.5. The monoisotopic (exact) mass is 444 g/mol. The van der Waals surface area contributed by atoms with E-state index in [2.05, 4.69) is 14.9 Å². The summed E-state index contributed by atoms with van der Waals surface area (Å²) in [5.74, 6) is -1.43. The van der Waals surface area contributed by atoms with E-state index in [-0.39, 0.29) is 16.9 Å². The third kappa shape index (κ3) is 5.65. The van der Waals surface area contributed by atoms with Crippen molar-refractivity contribution < 1.29 is 29.0 Å². The zero-order valence-corrected chi connectivity index (χ0v) is 16.7. The van der Waals surface area contributed by atoms with Gasteiger partial charge in [0.25, 0.3) is 5.09 Å². The zero-order chi connectivity index (χ0) is 22.2. The lowest BCUT2D eigenvalue weighted by atomic mass is 10.1. The number of nitrogens with zero attached hydrogens (tertiary/aromatic N) is 4. The van der Waals surface area contributed by atoms with Crippen molar-refractivity contribution in [1.29, 1.82) is 0 Å². The first-order chi connectivity index (χ1) is 15.0. The van der Waals surface area contributed by atoms with Crippen LogP contribution in [0.5, 0.6) is 0 Å². The SMILES string of the molecule is [N-]=[N+]=N[C@@H]1[C@@H](OC(=O)c2ccccc2)[C@H](OC(=O)c2ccccc2)CS[C@@H]1O[N+](=O)[O-]. The summed E-state index contributed by atoms with van der Waals surface area (Å²) in [6.07, 6.45) is -2.34. The number of azide groups is 1. The van der Waals surface area contributed by atoms with Gasteiger partial charge >= 0.3 is 11.9 Å². The maximum absolute atomic E-state index is 12.6. The molecule has 0 unspecified atom stereocenters. The Morgan fingerprint density at radius 2 is 1.58 bits per heavy atom. The second kappa shape index (κ2) is 10.3. The molecule has 31 heavy (non-hydrogen) atoms. The largest absolute Gasteiger partial charge is 0.454 e. The predicted octanol–water partition coefficient (Wildman–Crippen LogP) is 3.40. The van der Waals surface area contributed by atoms with Gasteiger partial charge < -0.3 is 9.47 Å². The molecule has 0 saturated carbocycles. The third-order valence-electron chi connectivity index (χ3n) is 4.30. The number of esters is 2. The van der Waals surface area contributed by atoms with Crippen molar-refractivity contribution in [3.8, 4) is 0 Å². The van der Waals surface area contributed by atoms with Crippen molar-refractivity contribution in [2.24, 2.45) is 5.11 Å². The van der Waals surface area contributed by atoms with Crippen molar-refractivity contribution in [2.75, 3.05) is 5.75 Å². The van der Waals surface area contributed by atoms with Crippen LogP contribution in [0, 0.1) is 10.1 Å². The van der Waals surface area contributed by atoms with Crippen molar-refractivity contribution in [3.05, 3.63) is 92.3 Å². The topological polar surface area (TPSA) is 154 Å². The molecular formula is C19H16N4O7S. The van der Waals surface area contributed by atoms with E-state index in [1.165, 1.54) is 12.1 Å². The molecule has 1 fully saturated rings. The molecule has 0 radical (unpaired) electrons. The van der Waals surface area contributed by atoms with E-state index < -0.39 is 40.7 Å². The first-order valence-electron chi connectivity index (χ1n) is 8.98. The van der Waals surface area contributed by atoms with E-state index in [4.69, 9.17) is 15.0 Å². The summed E-state index contributed by atoms with van der Waals surface area (Å²) in [6.45, 7) is 0. The van der Waals surface area contributed by atoms with Gasteiger partial charge in [-0.15, -0.1) is 21.9 Å². The lowest BCUT2D eigenvalue weighted by Crippen LogP contribution is -2.53. The van der Waals surface area contributed by atoms with Gasteiger partial charge in [-0.2, -0.15) is 0 Å². The fourth-order valence-corrected chi connectivity index (χ4v) is 4.08. The minimum Gasteiger partial charge on any atom is -0.454 e. The molecule has 160 valence electrons. The summed E-state index contributed by atoms with van der Waals surface area (Å²) in [5, 5.41) is 13.4. The standard InChI is InChI=1S/C19H16N4O7S/c20-22-21-15-16(29-18(25)13-9-5-2-6-10-13)14(11-31-19(15)30-23(26)27)28-17(24)12-7-3-1-4-8-12/h1-10,14-16,19H,11H2/t14-,15-,16+,19+/m1/s1. The molecule has 11 nitrogen and oxygen atoms in total. The van der Waals surface area contributed by atoms with Crippen LogP contribution in [0.15, 0.2) is 65.8 Å². The smallest absolute Gasteiger partial charge is 0.338 e. The van der Waals surface area contributed by atoms with Crippen molar-refractivity contribution in [1.82, 2.24) is 0 Å². The maximum Gasteiger partial charge on any atom is 0.338 e. The second-order valence-corrected chi connectivity index (χ2v) is 7.40. The molecule has 12 heteroatoms. The molecule has 2 aromatic carbocycles. The van der Waals surface area contributed by atoms with Crippen LogP contribution in [0.25, 0.3) is 10.4 Å². The molecule has 1 heterocycles. The number of carbonyl (C=O) groups excluding carboxylic acids is 2. The summed E-state index contributed by atoms with van der Waals surface area (Å²) >= 11 is 0.914. The van der Waals surface area contributed by atoms with Gasteiger partial charge in [-0.05, 0) is 29.8 Å². The van der Waals surface area contributed by atoms with Crippen LogP contribution < -0.4 is 0 Å². The number of hydrogen-bond acceptors (Lipinski definition) is 9. The minimum absolute atomic E-state index is 0.0151. The van der Waals surface area contributed by atoms with E-state index in [0.717, 1.165) is 11.8 Å². The Labute approximate surface area is 180 Å². The molecule has 0 aromatic heterocycles. The van der Waals surface area contributed by atoms with Crippen LogP contribution in [0.2, 0.25) is 0 Å². The first kappa shape index (κ1) is 21.9. The minimum atomic E-state index is -1.31. The average Bonchev–Trinajstić information content (AvgIpc) is 2.78. The summed E-state index contributed by atoms with van der Waals surface area (Å²) in [5.41, 5.74) is 8.19.